The van der Waals surface area contributed by atoms with Crippen LogP contribution in [-0.2, 0) is 11.3 Å². The molecule has 0 spiro atoms. The van der Waals surface area contributed by atoms with Gasteiger partial charge in [0.05, 0.1) is 19.2 Å². The lowest BCUT2D eigenvalue weighted by Gasteiger charge is -2.02. The van der Waals surface area contributed by atoms with Gasteiger partial charge < -0.3 is 19.6 Å². The zero-order valence-electron chi connectivity index (χ0n) is 16.0. The number of aromatic amines is 1. The molecule has 4 rings (SSSR count). The molecular weight excluding hydrogens is 370 g/mol. The second kappa shape index (κ2) is 7.63. The number of para-hydroxylation sites is 1. The number of hydrogen-bond acceptors (Lipinski definition) is 5. The molecule has 0 saturated heterocycles. The molecule has 2 aromatic carbocycles. The predicted molar refractivity (Wildman–Crippen MR) is 108 cm³/mol. The summed E-state index contributed by atoms with van der Waals surface area (Å²) in [6, 6.07) is 16.5. The maximum atomic E-state index is 12.7. The highest BCUT2D eigenvalue weighted by molar-refractivity contribution is 6.45. The van der Waals surface area contributed by atoms with E-state index in [1.54, 1.807) is 20.1 Å². The lowest BCUT2D eigenvalue weighted by atomic mass is 10.1. The van der Waals surface area contributed by atoms with Crippen LogP contribution >= 0.6 is 0 Å². The quantitative estimate of drug-likeness (QED) is 0.388. The van der Waals surface area contributed by atoms with Gasteiger partial charge in [0.25, 0.3) is 11.7 Å². The third kappa shape index (κ3) is 3.62. The topological polar surface area (TPSA) is 97.2 Å². The number of nitrogens with zero attached hydrogens (tertiary/aromatic N) is 1. The van der Waals surface area contributed by atoms with E-state index < -0.39 is 11.7 Å². The van der Waals surface area contributed by atoms with Gasteiger partial charge in [-0.2, -0.15) is 0 Å². The molecule has 4 aromatic rings. The lowest BCUT2D eigenvalue weighted by molar-refractivity contribution is -0.117. The molecule has 0 aliphatic carbocycles. The van der Waals surface area contributed by atoms with E-state index in [1.807, 2.05) is 48.5 Å². The van der Waals surface area contributed by atoms with Crippen molar-refractivity contribution in [2.24, 2.45) is 0 Å². The summed E-state index contributed by atoms with van der Waals surface area (Å²) in [7, 11) is 1.60. The number of H-pyrrole nitrogens is 1. The summed E-state index contributed by atoms with van der Waals surface area (Å²) in [5, 5.41) is 7.31. The fourth-order valence-electron chi connectivity index (χ4n) is 3.22. The van der Waals surface area contributed by atoms with Crippen LogP contribution in [0.15, 0.2) is 59.1 Å². The Morgan fingerprint density at radius 1 is 1.14 bits per heavy atom. The van der Waals surface area contributed by atoms with Crippen LogP contribution < -0.4 is 10.1 Å². The van der Waals surface area contributed by atoms with Crippen molar-refractivity contribution in [2.45, 2.75) is 13.5 Å². The third-order valence-corrected chi connectivity index (χ3v) is 4.69. The van der Waals surface area contributed by atoms with Gasteiger partial charge in [-0.1, -0.05) is 23.4 Å². The zero-order chi connectivity index (χ0) is 20.4. The highest BCUT2D eigenvalue weighted by Crippen LogP contribution is 2.24. The Labute approximate surface area is 166 Å². The zero-order valence-corrected chi connectivity index (χ0v) is 16.0. The second-order valence-electron chi connectivity index (χ2n) is 6.59. The predicted octanol–water partition coefficient (Wildman–Crippen LogP) is 3.64. The van der Waals surface area contributed by atoms with E-state index in [1.165, 1.54) is 0 Å². The highest BCUT2D eigenvalue weighted by atomic mass is 16.5. The number of Topliss-reactive ketones (excluding diaryl/α,β-unsaturated/α-hetero) is 1. The lowest BCUT2D eigenvalue weighted by Crippen LogP contribution is -2.31. The largest absolute Gasteiger partial charge is 0.497 e. The summed E-state index contributed by atoms with van der Waals surface area (Å²) in [4.78, 5) is 28.2. The first-order valence-corrected chi connectivity index (χ1v) is 9.06. The molecule has 0 unspecified atom stereocenters. The van der Waals surface area contributed by atoms with E-state index in [0.29, 0.717) is 22.7 Å². The van der Waals surface area contributed by atoms with Crippen molar-refractivity contribution in [3.05, 3.63) is 71.5 Å². The van der Waals surface area contributed by atoms with Crippen molar-refractivity contribution >= 4 is 22.6 Å². The summed E-state index contributed by atoms with van der Waals surface area (Å²) in [5.74, 6) is 0.0354. The number of ketones is 1. The number of carbonyl (C=O) groups excluding carboxylic acids is 2. The Bertz CT molecular complexity index is 1190. The first-order chi connectivity index (χ1) is 14.1. The molecule has 0 saturated carbocycles. The fourth-order valence-corrected chi connectivity index (χ4v) is 3.22. The van der Waals surface area contributed by atoms with E-state index in [4.69, 9.17) is 9.26 Å². The van der Waals surface area contributed by atoms with E-state index in [-0.39, 0.29) is 6.54 Å². The number of carbonyl (C=O) groups is 2. The molecular formula is C22H19N3O4. The summed E-state index contributed by atoms with van der Waals surface area (Å²) in [6.45, 7) is 1.87. The van der Waals surface area contributed by atoms with Crippen LogP contribution in [0.25, 0.3) is 22.2 Å². The average Bonchev–Trinajstić information content (AvgIpc) is 3.35. The number of aromatic nitrogens is 2. The number of rotatable bonds is 6. The van der Waals surface area contributed by atoms with Crippen LogP contribution in [0, 0.1) is 6.92 Å². The maximum absolute atomic E-state index is 12.7. The van der Waals surface area contributed by atoms with Gasteiger partial charge in [0, 0.05) is 28.2 Å². The van der Waals surface area contributed by atoms with Gasteiger partial charge in [0.2, 0.25) is 0 Å². The van der Waals surface area contributed by atoms with Crippen molar-refractivity contribution in [3.63, 3.8) is 0 Å². The van der Waals surface area contributed by atoms with Gasteiger partial charge in [0.1, 0.15) is 11.4 Å². The number of methoxy groups -OCH3 is 1. The molecule has 146 valence electrons. The number of fused-ring (bicyclic) bond motifs is 1. The number of amides is 1. The normalized spacial score (nSPS) is 10.8. The summed E-state index contributed by atoms with van der Waals surface area (Å²) < 4.78 is 10.5. The van der Waals surface area contributed by atoms with Crippen LogP contribution in [0.3, 0.4) is 0 Å². The van der Waals surface area contributed by atoms with Crippen molar-refractivity contribution in [1.82, 2.24) is 15.5 Å². The first kappa shape index (κ1) is 18.5. The molecule has 7 heteroatoms. The fraction of sp³-hybridized carbons (Fsp3) is 0.136. The first-order valence-electron chi connectivity index (χ1n) is 9.06. The van der Waals surface area contributed by atoms with Crippen molar-refractivity contribution in [2.75, 3.05) is 7.11 Å². The van der Waals surface area contributed by atoms with Crippen LogP contribution in [-0.4, -0.2) is 28.9 Å². The molecule has 0 aliphatic heterocycles. The Morgan fingerprint density at radius 2 is 1.90 bits per heavy atom. The molecule has 0 radical (unpaired) electrons. The molecule has 0 atom stereocenters. The van der Waals surface area contributed by atoms with Gasteiger partial charge >= 0.3 is 0 Å². The molecule has 2 aromatic heterocycles. The number of aryl methyl sites for hydroxylation is 1. The molecule has 2 N–H and O–H groups in total. The second-order valence-corrected chi connectivity index (χ2v) is 6.59. The molecule has 2 heterocycles. The number of benzene rings is 2. The molecule has 0 bridgehead atoms. The smallest absolute Gasteiger partial charge is 0.292 e. The van der Waals surface area contributed by atoms with Gasteiger partial charge in [-0.25, -0.2) is 0 Å². The van der Waals surface area contributed by atoms with Crippen LogP contribution in [0.2, 0.25) is 0 Å². The standard InChI is InChI=1S/C22H19N3O4/c1-13-20(17-5-3-4-6-18(17)24-13)21(26)22(27)23-12-15-11-19(29-25-15)14-7-9-16(28-2)10-8-14/h3-11,24H,12H2,1-2H3,(H,23,27). The van der Waals surface area contributed by atoms with Crippen molar-refractivity contribution in [1.29, 1.82) is 0 Å². The van der Waals surface area contributed by atoms with Crippen LogP contribution in [0.5, 0.6) is 5.75 Å². The van der Waals surface area contributed by atoms with Gasteiger partial charge in [-0.05, 0) is 37.3 Å². The van der Waals surface area contributed by atoms with Crippen LogP contribution in [0.1, 0.15) is 21.7 Å². The number of nitrogens with one attached hydrogen (secondary N) is 2. The van der Waals surface area contributed by atoms with E-state index >= 15 is 0 Å². The van der Waals surface area contributed by atoms with E-state index in [2.05, 4.69) is 15.5 Å². The van der Waals surface area contributed by atoms with Crippen molar-refractivity contribution < 1.29 is 18.8 Å². The van der Waals surface area contributed by atoms with E-state index in [9.17, 15) is 9.59 Å². The molecule has 7 nitrogen and oxygen atoms in total. The maximum Gasteiger partial charge on any atom is 0.292 e. The minimum absolute atomic E-state index is 0.0889. The van der Waals surface area contributed by atoms with Gasteiger partial charge in [-0.15, -0.1) is 0 Å². The number of ether oxygens (including phenoxy) is 1. The Kier molecular flexibility index (Phi) is 4.87. The van der Waals surface area contributed by atoms with Crippen LogP contribution in [0.4, 0.5) is 0 Å². The minimum atomic E-state index is -0.688. The Balaban J connectivity index is 1.45. The molecule has 0 aliphatic rings. The monoisotopic (exact) mass is 389 g/mol. The average molecular weight is 389 g/mol. The minimum Gasteiger partial charge on any atom is -0.497 e. The highest BCUT2D eigenvalue weighted by Gasteiger charge is 2.22. The Morgan fingerprint density at radius 3 is 2.66 bits per heavy atom. The molecule has 29 heavy (non-hydrogen) atoms. The van der Waals surface area contributed by atoms with Gasteiger partial charge in [0.15, 0.2) is 5.76 Å². The van der Waals surface area contributed by atoms with E-state index in [0.717, 1.165) is 22.2 Å². The number of hydrogen-bond donors (Lipinski definition) is 2. The summed E-state index contributed by atoms with van der Waals surface area (Å²) in [5.41, 5.74) is 3.22. The third-order valence-electron chi connectivity index (χ3n) is 4.69. The SMILES string of the molecule is COc1ccc(-c2cc(CNC(=O)C(=O)c3c(C)[nH]c4ccccc34)no2)cc1. The molecule has 1 amide bonds. The Hall–Kier alpha value is -3.87. The van der Waals surface area contributed by atoms with Gasteiger partial charge in [-0.3, -0.25) is 9.59 Å². The van der Waals surface area contributed by atoms with Crippen molar-refractivity contribution in [3.8, 4) is 17.1 Å². The summed E-state index contributed by atoms with van der Waals surface area (Å²) >= 11 is 0. The molecule has 0 fully saturated rings. The summed E-state index contributed by atoms with van der Waals surface area (Å²) in [6.07, 6.45) is 0.